The smallest absolute Gasteiger partial charge is 0.315 e. The van der Waals surface area contributed by atoms with Crippen molar-refractivity contribution in [3.05, 3.63) is 77.7 Å². The lowest BCUT2D eigenvalue weighted by molar-refractivity contribution is 0.143. The lowest BCUT2D eigenvalue weighted by Gasteiger charge is -2.01. The van der Waals surface area contributed by atoms with Gasteiger partial charge in [-0.05, 0) is 18.1 Å². The quantitative estimate of drug-likeness (QED) is 0.386. The van der Waals surface area contributed by atoms with Crippen LogP contribution in [-0.2, 0) is 17.8 Å². The monoisotopic (exact) mass is 336 g/mol. The fraction of sp³-hybridized carbons (Fsp3) is 0.211. The van der Waals surface area contributed by atoms with Crippen LogP contribution in [0.15, 0.2) is 70.2 Å². The first-order chi connectivity index (χ1) is 12.3. The van der Waals surface area contributed by atoms with Crippen molar-refractivity contribution in [2.45, 2.75) is 19.9 Å². The van der Waals surface area contributed by atoms with E-state index in [9.17, 15) is 0 Å². The molecule has 6 nitrogen and oxygen atoms in total. The molecule has 3 rings (SSSR count). The second kappa shape index (κ2) is 8.63. The van der Waals surface area contributed by atoms with Crippen LogP contribution in [0.4, 0.5) is 6.01 Å². The summed E-state index contributed by atoms with van der Waals surface area (Å²) in [7, 11) is 0. The van der Waals surface area contributed by atoms with Gasteiger partial charge in [0.15, 0.2) is 0 Å². The predicted octanol–water partition coefficient (Wildman–Crippen LogP) is 3.67. The Morgan fingerprint density at radius 1 is 1.04 bits per heavy atom. The molecule has 0 aliphatic heterocycles. The van der Waals surface area contributed by atoms with Crippen molar-refractivity contribution < 1.29 is 9.25 Å². The molecule has 2 aromatic carbocycles. The van der Waals surface area contributed by atoms with Crippen LogP contribution in [0.1, 0.15) is 23.9 Å². The van der Waals surface area contributed by atoms with E-state index >= 15 is 0 Å². The van der Waals surface area contributed by atoms with E-state index in [2.05, 4.69) is 20.7 Å². The highest BCUT2D eigenvalue weighted by Crippen LogP contribution is 2.09. The Morgan fingerprint density at radius 2 is 1.76 bits per heavy atom. The fourth-order valence-electron chi connectivity index (χ4n) is 2.21. The Hall–Kier alpha value is -3.15. The number of hydrogen-bond acceptors (Lipinski definition) is 6. The summed E-state index contributed by atoms with van der Waals surface area (Å²) < 4.78 is 5.54. The molecule has 0 aliphatic rings. The third-order valence-electron chi connectivity index (χ3n) is 3.55. The first-order valence-electron chi connectivity index (χ1n) is 8.13. The maximum absolute atomic E-state index is 5.54. The molecule has 1 heterocycles. The molecule has 6 heteroatoms. The van der Waals surface area contributed by atoms with E-state index in [1.54, 1.807) is 0 Å². The number of hydrogen-bond donors (Lipinski definition) is 1. The van der Waals surface area contributed by atoms with Crippen molar-refractivity contribution >= 4 is 11.7 Å². The Morgan fingerprint density at radius 3 is 2.52 bits per heavy atom. The molecule has 0 radical (unpaired) electrons. The molecule has 0 saturated carbocycles. The summed E-state index contributed by atoms with van der Waals surface area (Å²) in [4.78, 5) is 5.33. The second-order valence-electron chi connectivity index (χ2n) is 5.47. The lowest BCUT2D eigenvalue weighted by atomic mass is 10.1. The molecule has 1 N–H and O–H groups in total. The minimum atomic E-state index is 0.379. The van der Waals surface area contributed by atoms with Gasteiger partial charge in [0.25, 0.3) is 0 Å². The van der Waals surface area contributed by atoms with Gasteiger partial charge in [0.2, 0.25) is 5.89 Å². The molecule has 0 amide bonds. The van der Waals surface area contributed by atoms with Gasteiger partial charge in [-0.2, -0.15) is 0 Å². The Kier molecular flexibility index (Phi) is 5.77. The average Bonchev–Trinajstić information content (AvgIpc) is 3.13. The summed E-state index contributed by atoms with van der Waals surface area (Å²) in [6.07, 6.45) is 0.506. The number of aromatic nitrogens is 2. The molecule has 0 saturated heterocycles. The van der Waals surface area contributed by atoms with E-state index in [-0.39, 0.29) is 0 Å². The molecule has 25 heavy (non-hydrogen) atoms. The molecule has 128 valence electrons. The van der Waals surface area contributed by atoms with Gasteiger partial charge < -0.3 is 14.6 Å². The number of nitrogens with one attached hydrogen (secondary N) is 1. The van der Waals surface area contributed by atoms with Crippen molar-refractivity contribution in [2.24, 2.45) is 5.16 Å². The van der Waals surface area contributed by atoms with Gasteiger partial charge in [-0.1, -0.05) is 70.9 Å². The van der Waals surface area contributed by atoms with E-state index in [1.807, 2.05) is 67.6 Å². The van der Waals surface area contributed by atoms with Crippen molar-refractivity contribution in [2.75, 3.05) is 11.9 Å². The van der Waals surface area contributed by atoms with Crippen molar-refractivity contribution in [1.29, 1.82) is 0 Å². The van der Waals surface area contributed by atoms with Crippen LogP contribution in [0.25, 0.3) is 0 Å². The van der Waals surface area contributed by atoms with E-state index in [4.69, 9.17) is 9.25 Å². The first kappa shape index (κ1) is 16.7. The second-order valence-corrected chi connectivity index (χ2v) is 5.47. The highest BCUT2D eigenvalue weighted by Gasteiger charge is 2.06. The van der Waals surface area contributed by atoms with Crippen molar-refractivity contribution in [1.82, 2.24) is 10.2 Å². The summed E-state index contributed by atoms with van der Waals surface area (Å²) >= 11 is 0. The molecule has 0 spiro atoms. The topological polar surface area (TPSA) is 72.5 Å². The largest absolute Gasteiger partial charge is 0.408 e. The number of anilines is 1. The Labute approximate surface area is 146 Å². The zero-order valence-corrected chi connectivity index (χ0v) is 14.1. The molecule has 0 atom stereocenters. The summed E-state index contributed by atoms with van der Waals surface area (Å²) in [5.41, 5.74) is 3.01. The number of rotatable bonds is 8. The Bertz CT molecular complexity index is 801. The van der Waals surface area contributed by atoms with Crippen molar-refractivity contribution in [3.8, 4) is 0 Å². The first-order valence-corrected chi connectivity index (χ1v) is 8.13. The van der Waals surface area contributed by atoms with E-state index in [0.29, 0.717) is 31.5 Å². The Balaban J connectivity index is 1.43. The minimum absolute atomic E-state index is 0.379. The van der Waals surface area contributed by atoms with Crippen LogP contribution >= 0.6 is 0 Å². The maximum atomic E-state index is 5.54. The standard InChI is InChI=1S/C19H20N4O2/c1-15(17-10-6-3-7-11-17)23-24-13-12-18-21-22-19(25-18)20-14-16-8-4-2-5-9-16/h2-11H,12-14H2,1H3,(H,20,22)/b23-15+. The van der Waals surface area contributed by atoms with Gasteiger partial charge in [0.05, 0.1) is 12.1 Å². The molecule has 0 aliphatic carbocycles. The molecule has 0 bridgehead atoms. The molecular formula is C19H20N4O2. The summed E-state index contributed by atoms with van der Waals surface area (Å²) in [5.74, 6) is 0.517. The van der Waals surface area contributed by atoms with Crippen LogP contribution in [-0.4, -0.2) is 22.5 Å². The highest BCUT2D eigenvalue weighted by molar-refractivity contribution is 5.98. The molecular weight excluding hydrogens is 316 g/mol. The SMILES string of the molecule is C/C(=N\OCCc1nnc(NCc2ccccc2)o1)c1ccccc1. The van der Waals surface area contributed by atoms with Gasteiger partial charge >= 0.3 is 6.01 Å². The van der Waals surface area contributed by atoms with Gasteiger partial charge in [0, 0.05) is 6.54 Å². The van der Waals surface area contributed by atoms with Crippen LogP contribution in [0.3, 0.4) is 0 Å². The normalized spacial score (nSPS) is 11.3. The van der Waals surface area contributed by atoms with Crippen LogP contribution < -0.4 is 5.32 Å². The third-order valence-corrected chi connectivity index (χ3v) is 3.55. The molecule has 0 unspecified atom stereocenters. The number of nitrogens with zero attached hydrogens (tertiary/aromatic N) is 3. The molecule has 0 fully saturated rings. The molecule has 3 aromatic rings. The molecule has 1 aromatic heterocycles. The van der Waals surface area contributed by atoms with Gasteiger partial charge in [-0.3, -0.25) is 0 Å². The van der Waals surface area contributed by atoms with Gasteiger partial charge in [0.1, 0.15) is 6.61 Å². The summed E-state index contributed by atoms with van der Waals surface area (Å²) in [5, 5.41) is 15.2. The van der Waals surface area contributed by atoms with E-state index < -0.39 is 0 Å². The number of benzene rings is 2. The van der Waals surface area contributed by atoms with Crippen LogP contribution in [0.5, 0.6) is 0 Å². The fourth-order valence-corrected chi connectivity index (χ4v) is 2.21. The maximum Gasteiger partial charge on any atom is 0.315 e. The van der Waals surface area contributed by atoms with Gasteiger partial charge in [-0.25, -0.2) is 0 Å². The van der Waals surface area contributed by atoms with Gasteiger partial charge in [-0.15, -0.1) is 5.10 Å². The zero-order chi connectivity index (χ0) is 17.3. The van der Waals surface area contributed by atoms with E-state index in [1.165, 1.54) is 0 Å². The zero-order valence-electron chi connectivity index (χ0n) is 14.1. The van der Waals surface area contributed by atoms with Crippen molar-refractivity contribution in [3.63, 3.8) is 0 Å². The minimum Gasteiger partial charge on any atom is -0.408 e. The average molecular weight is 336 g/mol. The predicted molar refractivity (Wildman–Crippen MR) is 96.4 cm³/mol. The lowest BCUT2D eigenvalue weighted by Crippen LogP contribution is -1.99. The van der Waals surface area contributed by atoms with Crippen LogP contribution in [0, 0.1) is 0 Å². The number of oxime groups is 1. The third kappa shape index (κ3) is 5.17. The summed E-state index contributed by atoms with van der Waals surface area (Å²) in [6.45, 7) is 2.93. The van der Waals surface area contributed by atoms with Crippen LogP contribution in [0.2, 0.25) is 0 Å². The highest BCUT2D eigenvalue weighted by atomic mass is 16.6. The van der Waals surface area contributed by atoms with E-state index in [0.717, 1.165) is 16.8 Å². The summed E-state index contributed by atoms with van der Waals surface area (Å²) in [6, 6.07) is 20.3.